The number of nitrogens with one attached hydrogen (secondary N) is 2. The highest BCUT2D eigenvalue weighted by atomic mass is 35.5. The second-order valence-corrected chi connectivity index (χ2v) is 9.59. The number of thioether (sulfide) groups is 1. The number of rotatable bonds is 6. The number of hydrogen-bond acceptors (Lipinski definition) is 6. The Hall–Kier alpha value is -1.88. The summed E-state index contributed by atoms with van der Waals surface area (Å²) >= 11 is 7.18. The molecule has 1 aromatic heterocycles. The molecule has 1 saturated heterocycles. The summed E-state index contributed by atoms with van der Waals surface area (Å²) in [5.74, 6) is -0.419. The minimum Gasteiger partial charge on any atom is -0.324 e. The smallest absolute Gasteiger partial charge is 0.251 e. The molecule has 150 valence electrons. The molecule has 0 unspecified atom stereocenters. The Labute approximate surface area is 171 Å². The van der Waals surface area contributed by atoms with Gasteiger partial charge in [0, 0.05) is 24.8 Å². The lowest BCUT2D eigenvalue weighted by Crippen LogP contribution is -2.28. The van der Waals surface area contributed by atoms with E-state index in [0.29, 0.717) is 23.9 Å². The Balaban J connectivity index is 1.71. The van der Waals surface area contributed by atoms with Crippen LogP contribution in [0.1, 0.15) is 18.5 Å². The summed E-state index contributed by atoms with van der Waals surface area (Å²) in [6.07, 6.45) is 1.67. The molecule has 28 heavy (non-hydrogen) atoms. The second-order valence-electron chi connectivity index (χ2n) is 6.28. The molecule has 3 rings (SSSR count). The third-order valence-electron chi connectivity index (χ3n) is 4.10. The SMILES string of the molecule is Cc1cc(=O)[nH]c(SCC(=O)Nc2cc(S(=O)(=O)N3CCCC3)ccc2Cl)n1. The van der Waals surface area contributed by atoms with E-state index < -0.39 is 15.9 Å². The van der Waals surface area contributed by atoms with Crippen molar-refractivity contribution in [3.05, 3.63) is 45.3 Å². The zero-order valence-electron chi connectivity index (χ0n) is 15.1. The largest absolute Gasteiger partial charge is 0.324 e. The standard InChI is InChI=1S/C17H19ClN4O4S2/c1-11-8-15(23)21-17(19-11)27-10-16(24)20-14-9-12(4-5-13(14)18)28(25,26)22-6-2-3-7-22/h4-5,8-9H,2-3,6-7,10H2,1H3,(H,20,24)(H,19,21,23). The topological polar surface area (TPSA) is 112 Å². The van der Waals surface area contributed by atoms with Crippen molar-refractivity contribution in [3.8, 4) is 0 Å². The number of sulfonamides is 1. The fourth-order valence-corrected chi connectivity index (χ4v) is 5.21. The number of hydrogen-bond donors (Lipinski definition) is 2. The van der Waals surface area contributed by atoms with Crippen molar-refractivity contribution in [3.63, 3.8) is 0 Å². The van der Waals surface area contributed by atoms with Crippen molar-refractivity contribution in [2.45, 2.75) is 29.8 Å². The number of aromatic amines is 1. The summed E-state index contributed by atoms with van der Waals surface area (Å²) in [6, 6.07) is 5.61. The van der Waals surface area contributed by atoms with Crippen LogP contribution < -0.4 is 10.9 Å². The van der Waals surface area contributed by atoms with Crippen LogP contribution in [-0.4, -0.2) is 47.4 Å². The summed E-state index contributed by atoms with van der Waals surface area (Å²) in [4.78, 5) is 30.5. The Morgan fingerprint density at radius 3 is 2.71 bits per heavy atom. The average Bonchev–Trinajstić information content (AvgIpc) is 3.16. The summed E-state index contributed by atoms with van der Waals surface area (Å²) in [5, 5.41) is 3.19. The summed E-state index contributed by atoms with van der Waals surface area (Å²) in [5.41, 5.74) is 0.478. The van der Waals surface area contributed by atoms with Crippen LogP contribution in [0, 0.1) is 6.92 Å². The van der Waals surface area contributed by atoms with Gasteiger partial charge < -0.3 is 10.3 Å². The molecule has 2 aromatic rings. The molecule has 0 aliphatic carbocycles. The van der Waals surface area contributed by atoms with Crippen molar-refractivity contribution in [1.29, 1.82) is 0 Å². The molecule has 1 aromatic carbocycles. The van der Waals surface area contributed by atoms with Gasteiger partial charge in [-0.15, -0.1) is 0 Å². The number of anilines is 1. The number of aromatic nitrogens is 2. The van der Waals surface area contributed by atoms with Crippen LogP contribution in [0.15, 0.2) is 39.1 Å². The molecule has 1 aliphatic heterocycles. The van der Waals surface area contributed by atoms with Crippen LogP contribution in [0.2, 0.25) is 5.02 Å². The number of halogens is 1. The van der Waals surface area contributed by atoms with E-state index in [1.807, 2.05) is 0 Å². The van der Waals surface area contributed by atoms with Gasteiger partial charge in [-0.2, -0.15) is 4.31 Å². The third-order valence-corrected chi connectivity index (χ3v) is 7.20. The van der Waals surface area contributed by atoms with E-state index >= 15 is 0 Å². The first-order chi connectivity index (χ1) is 13.3. The van der Waals surface area contributed by atoms with Crippen molar-refractivity contribution in [2.75, 3.05) is 24.2 Å². The van der Waals surface area contributed by atoms with E-state index in [-0.39, 0.29) is 26.9 Å². The third kappa shape index (κ3) is 4.93. The molecule has 0 radical (unpaired) electrons. The van der Waals surface area contributed by atoms with Crippen molar-refractivity contribution in [2.24, 2.45) is 0 Å². The number of carbonyl (C=O) groups excluding carboxylic acids is 1. The summed E-state index contributed by atoms with van der Waals surface area (Å²) < 4.78 is 26.8. The van der Waals surface area contributed by atoms with Gasteiger partial charge in [-0.25, -0.2) is 13.4 Å². The number of nitrogens with zero attached hydrogens (tertiary/aromatic N) is 2. The first-order valence-corrected chi connectivity index (χ1v) is 11.4. The number of carbonyl (C=O) groups is 1. The highest BCUT2D eigenvalue weighted by molar-refractivity contribution is 7.99. The molecule has 1 fully saturated rings. The summed E-state index contributed by atoms with van der Waals surface area (Å²) in [7, 11) is -3.61. The van der Waals surface area contributed by atoms with Crippen LogP contribution in [-0.2, 0) is 14.8 Å². The molecule has 0 saturated carbocycles. The molecular formula is C17H19ClN4O4S2. The lowest BCUT2D eigenvalue weighted by molar-refractivity contribution is -0.113. The van der Waals surface area contributed by atoms with Crippen LogP contribution in [0.5, 0.6) is 0 Å². The second kappa shape index (κ2) is 8.64. The number of amides is 1. The highest BCUT2D eigenvalue weighted by Crippen LogP contribution is 2.28. The maximum atomic E-state index is 12.7. The van der Waals surface area contributed by atoms with E-state index in [4.69, 9.17) is 11.6 Å². The fourth-order valence-electron chi connectivity index (χ4n) is 2.78. The quantitative estimate of drug-likeness (QED) is 0.524. The van der Waals surface area contributed by atoms with Crippen LogP contribution in [0.3, 0.4) is 0 Å². The molecular weight excluding hydrogens is 424 g/mol. The van der Waals surface area contributed by atoms with Gasteiger partial charge >= 0.3 is 0 Å². The fraction of sp³-hybridized carbons (Fsp3) is 0.353. The maximum Gasteiger partial charge on any atom is 0.251 e. The molecule has 11 heteroatoms. The number of H-pyrrole nitrogens is 1. The van der Waals surface area contributed by atoms with Gasteiger partial charge in [-0.05, 0) is 38.0 Å². The van der Waals surface area contributed by atoms with Gasteiger partial charge in [-0.1, -0.05) is 23.4 Å². The predicted octanol–water partition coefficient (Wildman–Crippen LogP) is 2.25. The zero-order chi connectivity index (χ0) is 20.3. The van der Waals surface area contributed by atoms with Crippen LogP contribution in [0.25, 0.3) is 0 Å². The molecule has 2 heterocycles. The van der Waals surface area contributed by atoms with E-state index in [1.54, 1.807) is 6.92 Å². The summed E-state index contributed by atoms with van der Waals surface area (Å²) in [6.45, 7) is 2.67. The molecule has 1 amide bonds. The van der Waals surface area contributed by atoms with Crippen LogP contribution in [0.4, 0.5) is 5.69 Å². The van der Waals surface area contributed by atoms with Crippen molar-refractivity contribution < 1.29 is 13.2 Å². The van der Waals surface area contributed by atoms with Gasteiger partial charge in [0.15, 0.2) is 5.16 Å². The Morgan fingerprint density at radius 1 is 1.32 bits per heavy atom. The van der Waals surface area contributed by atoms with Gasteiger partial charge in [0.05, 0.1) is 21.4 Å². The van der Waals surface area contributed by atoms with Gasteiger partial charge in [-0.3, -0.25) is 9.59 Å². The molecule has 0 atom stereocenters. The molecule has 1 aliphatic rings. The normalized spacial score (nSPS) is 14.9. The molecule has 0 spiro atoms. The van der Waals surface area contributed by atoms with Crippen molar-refractivity contribution in [1.82, 2.24) is 14.3 Å². The van der Waals surface area contributed by atoms with Crippen LogP contribution >= 0.6 is 23.4 Å². The van der Waals surface area contributed by atoms with Gasteiger partial charge in [0.25, 0.3) is 5.56 Å². The first-order valence-electron chi connectivity index (χ1n) is 8.56. The van der Waals surface area contributed by atoms with Crippen molar-refractivity contribution >= 4 is 45.0 Å². The highest BCUT2D eigenvalue weighted by Gasteiger charge is 2.27. The predicted molar refractivity (Wildman–Crippen MR) is 108 cm³/mol. The average molecular weight is 443 g/mol. The monoisotopic (exact) mass is 442 g/mol. The minimum absolute atomic E-state index is 0.0220. The van der Waals surface area contributed by atoms with E-state index in [2.05, 4.69) is 15.3 Å². The Bertz CT molecular complexity index is 1050. The molecule has 8 nitrogen and oxygen atoms in total. The van der Waals surface area contributed by atoms with E-state index in [1.165, 1.54) is 28.6 Å². The minimum atomic E-state index is -3.61. The Morgan fingerprint density at radius 2 is 2.04 bits per heavy atom. The van der Waals surface area contributed by atoms with E-state index in [9.17, 15) is 18.0 Å². The molecule has 0 bridgehead atoms. The molecule has 2 N–H and O–H groups in total. The van der Waals surface area contributed by atoms with Gasteiger partial charge in [0.1, 0.15) is 0 Å². The zero-order valence-corrected chi connectivity index (χ0v) is 17.5. The maximum absolute atomic E-state index is 12.7. The number of benzene rings is 1. The lowest BCUT2D eigenvalue weighted by Gasteiger charge is -2.16. The number of aryl methyl sites for hydroxylation is 1. The van der Waals surface area contributed by atoms with E-state index in [0.717, 1.165) is 24.6 Å². The Kier molecular flexibility index (Phi) is 6.43. The van der Waals surface area contributed by atoms with Gasteiger partial charge in [0.2, 0.25) is 15.9 Å². The first kappa shape index (κ1) is 20.8. The lowest BCUT2D eigenvalue weighted by atomic mass is 10.3.